The third-order valence-corrected chi connectivity index (χ3v) is 3.53. The Morgan fingerprint density at radius 3 is 2.10 bits per heavy atom. The van der Waals surface area contributed by atoms with Crippen molar-refractivity contribution in [2.45, 2.75) is 90.1 Å². The van der Waals surface area contributed by atoms with Gasteiger partial charge in [0.1, 0.15) is 0 Å². The molecule has 0 aromatic heterocycles. The molecule has 1 atom stereocenters. The molecule has 1 amide bonds. The molecule has 0 saturated heterocycles. The molecule has 0 aliphatic carbocycles. The summed E-state index contributed by atoms with van der Waals surface area (Å²) in [6, 6.07) is 0. The monoisotopic (exact) mass is 286 g/mol. The van der Waals surface area contributed by atoms with Gasteiger partial charge in [0, 0.05) is 13.0 Å². The number of carbonyl (C=O) groups is 1. The summed E-state index contributed by atoms with van der Waals surface area (Å²) in [5.74, 6) is 0.0402. The van der Waals surface area contributed by atoms with Gasteiger partial charge >= 0.3 is 0 Å². The Bertz CT molecular complexity index is 223. The van der Waals surface area contributed by atoms with E-state index in [1.54, 1.807) is 0 Å². The first-order valence-corrected chi connectivity index (χ1v) is 8.36. The fourth-order valence-corrected chi connectivity index (χ4v) is 2.26. The van der Waals surface area contributed by atoms with Crippen molar-refractivity contribution in [2.75, 3.05) is 6.61 Å². The Labute approximate surface area is 124 Å². The van der Waals surface area contributed by atoms with Crippen molar-refractivity contribution in [1.29, 1.82) is 0 Å². The van der Waals surface area contributed by atoms with Crippen LogP contribution in [0.5, 0.6) is 0 Å². The maximum atomic E-state index is 11.6. The molecule has 0 aliphatic heterocycles. The molecule has 0 aliphatic rings. The van der Waals surface area contributed by atoms with Gasteiger partial charge < -0.3 is 16.2 Å². The van der Waals surface area contributed by atoms with E-state index in [0.29, 0.717) is 19.3 Å². The molecule has 0 spiro atoms. The summed E-state index contributed by atoms with van der Waals surface area (Å²) >= 11 is 0. The average Bonchev–Trinajstić information content (AvgIpc) is 2.43. The maximum Gasteiger partial charge on any atom is 0.221 e. The van der Waals surface area contributed by atoms with E-state index in [-0.39, 0.29) is 18.7 Å². The molecule has 0 saturated carbocycles. The summed E-state index contributed by atoms with van der Waals surface area (Å²) in [5.41, 5.74) is 5.73. The van der Waals surface area contributed by atoms with Crippen LogP contribution in [0.3, 0.4) is 0 Å². The van der Waals surface area contributed by atoms with Crippen LogP contribution in [0.25, 0.3) is 0 Å². The third-order valence-electron chi connectivity index (χ3n) is 3.53. The quantitative estimate of drug-likeness (QED) is 0.339. The largest absolute Gasteiger partial charge is 0.396 e. The van der Waals surface area contributed by atoms with Crippen LogP contribution in [0.4, 0.5) is 0 Å². The van der Waals surface area contributed by atoms with Crippen molar-refractivity contribution >= 4 is 5.91 Å². The summed E-state index contributed by atoms with van der Waals surface area (Å²) in [7, 11) is 0. The van der Waals surface area contributed by atoms with Gasteiger partial charge in [-0.3, -0.25) is 4.79 Å². The Kier molecular flexibility index (Phi) is 14.3. The number of aliphatic hydroxyl groups excluding tert-OH is 1. The van der Waals surface area contributed by atoms with Gasteiger partial charge in [-0.25, -0.2) is 0 Å². The topological polar surface area (TPSA) is 75.4 Å². The number of aliphatic hydroxyl groups is 1. The standard InChI is InChI=1S/C16H34N2O2/c1-2-3-4-5-6-7-8-9-10-13-16(20)18-15(17)12-11-14-19/h15,19H,2-14,17H2,1H3,(H,18,20). The Hall–Kier alpha value is -0.610. The Morgan fingerprint density at radius 1 is 1.00 bits per heavy atom. The Morgan fingerprint density at radius 2 is 1.55 bits per heavy atom. The lowest BCUT2D eigenvalue weighted by Gasteiger charge is -2.12. The van der Waals surface area contributed by atoms with Gasteiger partial charge in [0.15, 0.2) is 0 Å². The van der Waals surface area contributed by atoms with E-state index in [0.717, 1.165) is 12.8 Å². The van der Waals surface area contributed by atoms with Gasteiger partial charge in [-0.1, -0.05) is 58.3 Å². The van der Waals surface area contributed by atoms with E-state index in [1.807, 2.05) is 0 Å². The molecule has 0 heterocycles. The average molecular weight is 286 g/mol. The summed E-state index contributed by atoms with van der Waals surface area (Å²) in [5, 5.41) is 11.4. The number of hydrogen-bond acceptors (Lipinski definition) is 3. The van der Waals surface area contributed by atoms with Crippen molar-refractivity contribution < 1.29 is 9.90 Å². The van der Waals surface area contributed by atoms with Gasteiger partial charge in [-0.2, -0.15) is 0 Å². The number of carbonyl (C=O) groups excluding carboxylic acids is 1. The van der Waals surface area contributed by atoms with E-state index in [1.165, 1.54) is 44.9 Å². The second-order valence-corrected chi connectivity index (χ2v) is 5.62. The highest BCUT2D eigenvalue weighted by molar-refractivity contribution is 5.76. The molecule has 0 aromatic rings. The number of unbranched alkanes of at least 4 members (excludes halogenated alkanes) is 8. The highest BCUT2D eigenvalue weighted by atomic mass is 16.3. The molecule has 20 heavy (non-hydrogen) atoms. The van der Waals surface area contributed by atoms with Crippen molar-refractivity contribution in [3.8, 4) is 0 Å². The summed E-state index contributed by atoms with van der Waals surface area (Å²) < 4.78 is 0. The fraction of sp³-hybridized carbons (Fsp3) is 0.938. The number of rotatable bonds is 14. The van der Waals surface area contributed by atoms with Gasteiger partial charge in [-0.15, -0.1) is 0 Å². The minimum absolute atomic E-state index is 0.0402. The second kappa shape index (κ2) is 14.8. The zero-order valence-corrected chi connectivity index (χ0v) is 13.2. The molecule has 4 heteroatoms. The van der Waals surface area contributed by atoms with Crippen LogP contribution in [0.1, 0.15) is 84.0 Å². The minimum Gasteiger partial charge on any atom is -0.396 e. The molecule has 0 radical (unpaired) electrons. The molecule has 120 valence electrons. The molecule has 4 nitrogen and oxygen atoms in total. The molecular formula is C16H34N2O2. The summed E-state index contributed by atoms with van der Waals surface area (Å²) in [6.07, 6.45) is 12.9. The van der Waals surface area contributed by atoms with Crippen LogP contribution in [0.2, 0.25) is 0 Å². The van der Waals surface area contributed by atoms with E-state index in [4.69, 9.17) is 10.8 Å². The lowest BCUT2D eigenvalue weighted by molar-refractivity contribution is -0.121. The van der Waals surface area contributed by atoms with Crippen LogP contribution in [0.15, 0.2) is 0 Å². The molecule has 0 fully saturated rings. The molecule has 0 bridgehead atoms. The zero-order chi connectivity index (χ0) is 15.1. The highest BCUT2D eigenvalue weighted by Crippen LogP contribution is 2.10. The van der Waals surface area contributed by atoms with Crippen molar-refractivity contribution in [2.24, 2.45) is 5.73 Å². The van der Waals surface area contributed by atoms with E-state index in [2.05, 4.69) is 12.2 Å². The first kappa shape index (κ1) is 19.4. The number of nitrogens with one attached hydrogen (secondary N) is 1. The first-order valence-electron chi connectivity index (χ1n) is 8.36. The van der Waals surface area contributed by atoms with Gasteiger partial charge in [0.2, 0.25) is 5.91 Å². The van der Waals surface area contributed by atoms with E-state index < -0.39 is 0 Å². The van der Waals surface area contributed by atoms with Gasteiger partial charge in [-0.05, 0) is 19.3 Å². The number of nitrogens with two attached hydrogens (primary N) is 1. The smallest absolute Gasteiger partial charge is 0.221 e. The van der Waals surface area contributed by atoms with Crippen molar-refractivity contribution in [3.05, 3.63) is 0 Å². The minimum atomic E-state index is -0.312. The lowest BCUT2D eigenvalue weighted by Crippen LogP contribution is -2.41. The molecule has 4 N–H and O–H groups in total. The summed E-state index contributed by atoms with van der Waals surface area (Å²) in [6.45, 7) is 2.36. The zero-order valence-electron chi connectivity index (χ0n) is 13.2. The third kappa shape index (κ3) is 13.8. The molecule has 0 aromatic carbocycles. The van der Waals surface area contributed by atoms with Crippen LogP contribution >= 0.6 is 0 Å². The molecule has 1 unspecified atom stereocenters. The predicted molar refractivity (Wildman–Crippen MR) is 84.3 cm³/mol. The lowest BCUT2D eigenvalue weighted by atomic mass is 10.1. The predicted octanol–water partition coefficient (Wildman–Crippen LogP) is 3.08. The fourth-order valence-electron chi connectivity index (χ4n) is 2.26. The SMILES string of the molecule is CCCCCCCCCCCC(=O)NC(N)CCCO. The van der Waals surface area contributed by atoms with Gasteiger partial charge in [0.05, 0.1) is 6.17 Å². The Balaban J connectivity index is 3.26. The van der Waals surface area contributed by atoms with Crippen LogP contribution < -0.4 is 11.1 Å². The molecular weight excluding hydrogens is 252 g/mol. The van der Waals surface area contributed by atoms with E-state index in [9.17, 15) is 4.79 Å². The van der Waals surface area contributed by atoms with E-state index >= 15 is 0 Å². The van der Waals surface area contributed by atoms with Crippen LogP contribution in [-0.4, -0.2) is 23.8 Å². The van der Waals surface area contributed by atoms with Crippen molar-refractivity contribution in [3.63, 3.8) is 0 Å². The van der Waals surface area contributed by atoms with Gasteiger partial charge in [0.25, 0.3) is 0 Å². The van der Waals surface area contributed by atoms with Crippen molar-refractivity contribution in [1.82, 2.24) is 5.32 Å². The second-order valence-electron chi connectivity index (χ2n) is 5.62. The van der Waals surface area contributed by atoms with Crippen LogP contribution in [0, 0.1) is 0 Å². The number of amides is 1. The molecule has 0 rings (SSSR count). The highest BCUT2D eigenvalue weighted by Gasteiger charge is 2.06. The summed E-state index contributed by atoms with van der Waals surface area (Å²) in [4.78, 5) is 11.6. The first-order chi connectivity index (χ1) is 9.70. The maximum absolute atomic E-state index is 11.6. The normalized spacial score (nSPS) is 12.3. The number of hydrogen-bond donors (Lipinski definition) is 3. The van der Waals surface area contributed by atoms with Crippen LogP contribution in [-0.2, 0) is 4.79 Å².